The lowest BCUT2D eigenvalue weighted by molar-refractivity contribution is -0.136. The van der Waals surface area contributed by atoms with Gasteiger partial charge >= 0.3 is 0 Å². The molecule has 0 radical (unpaired) electrons. The maximum atomic E-state index is 12.7. The molecule has 0 aromatic carbocycles. The highest BCUT2D eigenvalue weighted by molar-refractivity contribution is 7.88. The Kier molecular flexibility index (Phi) is 4.49. The lowest BCUT2D eigenvalue weighted by atomic mass is 9.81. The molecule has 22 heavy (non-hydrogen) atoms. The summed E-state index contributed by atoms with van der Waals surface area (Å²) < 4.78 is 31.0. The summed E-state index contributed by atoms with van der Waals surface area (Å²) >= 11 is 0. The van der Waals surface area contributed by atoms with Gasteiger partial charge in [0, 0.05) is 36.9 Å². The van der Waals surface area contributed by atoms with Gasteiger partial charge in [0.05, 0.1) is 19.5 Å². The van der Waals surface area contributed by atoms with Crippen molar-refractivity contribution >= 4 is 15.9 Å². The molecule has 1 saturated carbocycles. The molecule has 3 fully saturated rings. The fourth-order valence-electron chi connectivity index (χ4n) is 4.13. The molecule has 3 aliphatic rings. The van der Waals surface area contributed by atoms with Crippen LogP contribution in [-0.2, 0) is 19.6 Å². The number of hydrogen-bond acceptors (Lipinski definition) is 4. The summed E-state index contributed by atoms with van der Waals surface area (Å²) in [6.45, 7) is 2.86. The summed E-state index contributed by atoms with van der Waals surface area (Å²) in [5.74, 6) is 0.690. The number of nitrogens with one attached hydrogen (secondary N) is 1. The van der Waals surface area contributed by atoms with E-state index < -0.39 is 10.0 Å². The van der Waals surface area contributed by atoms with Crippen LogP contribution in [0.25, 0.3) is 0 Å². The van der Waals surface area contributed by atoms with E-state index in [1.807, 2.05) is 4.90 Å². The van der Waals surface area contributed by atoms with E-state index in [0.29, 0.717) is 32.8 Å². The normalized spacial score (nSPS) is 33.1. The standard InChI is InChI=1S/C15H26N2O4S/c1-22(19,20)16-9-15-10-17(7-13(15)8-21-11-15)14(18)12-5-3-2-4-6-12/h12-13,16H,2-11H2,1H3/t13-,15+/m0/s1. The Hall–Kier alpha value is -0.660. The predicted molar refractivity (Wildman–Crippen MR) is 82.7 cm³/mol. The van der Waals surface area contributed by atoms with Crippen molar-refractivity contribution in [2.45, 2.75) is 32.1 Å². The van der Waals surface area contributed by atoms with Crippen LogP contribution in [0, 0.1) is 17.3 Å². The number of ether oxygens (including phenoxy) is 1. The Balaban J connectivity index is 1.66. The van der Waals surface area contributed by atoms with Crippen molar-refractivity contribution in [3.8, 4) is 0 Å². The molecule has 2 saturated heterocycles. The number of rotatable bonds is 4. The van der Waals surface area contributed by atoms with E-state index in [4.69, 9.17) is 4.74 Å². The van der Waals surface area contributed by atoms with E-state index in [1.54, 1.807) is 0 Å². The number of sulfonamides is 1. The van der Waals surface area contributed by atoms with Gasteiger partial charge in [-0.05, 0) is 12.8 Å². The number of amides is 1. The van der Waals surface area contributed by atoms with Crippen LogP contribution in [0.4, 0.5) is 0 Å². The van der Waals surface area contributed by atoms with Gasteiger partial charge in [-0.25, -0.2) is 13.1 Å². The molecule has 1 aliphatic carbocycles. The third-order valence-corrected chi connectivity index (χ3v) is 6.14. The average molecular weight is 330 g/mol. The second-order valence-electron chi connectivity index (χ2n) is 7.22. The molecule has 0 aromatic rings. The predicted octanol–water partition coefficient (Wildman–Crippen LogP) is 0.591. The van der Waals surface area contributed by atoms with Gasteiger partial charge in [-0.1, -0.05) is 19.3 Å². The molecule has 1 N–H and O–H groups in total. The number of likely N-dealkylation sites (tertiary alicyclic amines) is 1. The fourth-order valence-corrected chi connectivity index (χ4v) is 4.68. The van der Waals surface area contributed by atoms with Gasteiger partial charge in [0.25, 0.3) is 0 Å². The highest BCUT2D eigenvalue weighted by Crippen LogP contribution is 2.42. The van der Waals surface area contributed by atoms with Crippen molar-refractivity contribution in [3.63, 3.8) is 0 Å². The Labute approximate surface area is 132 Å². The smallest absolute Gasteiger partial charge is 0.225 e. The van der Waals surface area contributed by atoms with E-state index in [-0.39, 0.29) is 23.2 Å². The van der Waals surface area contributed by atoms with Crippen molar-refractivity contribution < 1.29 is 17.9 Å². The summed E-state index contributed by atoms with van der Waals surface area (Å²) in [5, 5.41) is 0. The van der Waals surface area contributed by atoms with Crippen molar-refractivity contribution in [2.75, 3.05) is 39.1 Å². The zero-order valence-corrected chi connectivity index (χ0v) is 14.0. The van der Waals surface area contributed by atoms with Gasteiger partial charge in [0.2, 0.25) is 15.9 Å². The first-order chi connectivity index (χ1) is 10.4. The first kappa shape index (κ1) is 16.2. The number of hydrogen-bond donors (Lipinski definition) is 1. The molecule has 126 valence electrons. The quantitative estimate of drug-likeness (QED) is 0.819. The summed E-state index contributed by atoms with van der Waals surface area (Å²) in [6, 6.07) is 0. The molecule has 2 atom stereocenters. The van der Waals surface area contributed by atoms with Crippen molar-refractivity contribution in [1.29, 1.82) is 0 Å². The molecule has 0 aromatic heterocycles. The minimum atomic E-state index is -3.22. The van der Waals surface area contributed by atoms with E-state index in [9.17, 15) is 13.2 Å². The summed E-state index contributed by atoms with van der Waals surface area (Å²) in [6.07, 6.45) is 6.72. The largest absolute Gasteiger partial charge is 0.380 e. The first-order valence-electron chi connectivity index (χ1n) is 8.21. The average Bonchev–Trinajstić information content (AvgIpc) is 3.02. The molecular formula is C15H26N2O4S. The zero-order valence-electron chi connectivity index (χ0n) is 13.2. The Morgan fingerprint density at radius 3 is 2.73 bits per heavy atom. The minimum absolute atomic E-state index is 0.174. The van der Waals surface area contributed by atoms with Crippen LogP contribution in [-0.4, -0.2) is 58.3 Å². The fraction of sp³-hybridized carbons (Fsp3) is 0.933. The lowest BCUT2D eigenvalue weighted by Gasteiger charge is -2.29. The molecule has 2 heterocycles. The zero-order chi connectivity index (χ0) is 15.8. The summed E-state index contributed by atoms with van der Waals surface area (Å²) in [5.41, 5.74) is -0.243. The van der Waals surface area contributed by atoms with E-state index in [1.165, 1.54) is 12.7 Å². The van der Waals surface area contributed by atoms with Gasteiger partial charge in [-0.3, -0.25) is 4.79 Å². The van der Waals surface area contributed by atoms with Crippen LogP contribution in [0.5, 0.6) is 0 Å². The van der Waals surface area contributed by atoms with Crippen LogP contribution < -0.4 is 4.72 Å². The molecule has 0 bridgehead atoms. The van der Waals surface area contributed by atoms with E-state index in [0.717, 1.165) is 25.7 Å². The Morgan fingerprint density at radius 1 is 1.32 bits per heavy atom. The van der Waals surface area contributed by atoms with Crippen LogP contribution in [0.1, 0.15) is 32.1 Å². The van der Waals surface area contributed by atoms with Crippen LogP contribution in [0.15, 0.2) is 0 Å². The lowest BCUT2D eigenvalue weighted by Crippen LogP contribution is -2.44. The maximum Gasteiger partial charge on any atom is 0.225 e. The second kappa shape index (κ2) is 6.09. The van der Waals surface area contributed by atoms with Gasteiger partial charge in [-0.2, -0.15) is 0 Å². The Morgan fingerprint density at radius 2 is 2.05 bits per heavy atom. The van der Waals surface area contributed by atoms with Gasteiger partial charge in [0.15, 0.2) is 0 Å². The SMILES string of the molecule is CS(=O)(=O)NC[C@@]12COC[C@@H]1CN(C(=O)C1CCCCC1)C2. The third-order valence-electron chi connectivity index (χ3n) is 5.47. The third kappa shape index (κ3) is 3.31. The van der Waals surface area contributed by atoms with Crippen molar-refractivity contribution in [3.05, 3.63) is 0 Å². The number of nitrogens with zero attached hydrogens (tertiary/aromatic N) is 1. The molecule has 6 nitrogen and oxygen atoms in total. The highest BCUT2D eigenvalue weighted by Gasteiger charge is 2.52. The van der Waals surface area contributed by atoms with Gasteiger partial charge in [0.1, 0.15) is 0 Å². The van der Waals surface area contributed by atoms with Gasteiger partial charge < -0.3 is 9.64 Å². The van der Waals surface area contributed by atoms with Crippen LogP contribution in [0.3, 0.4) is 0 Å². The van der Waals surface area contributed by atoms with E-state index >= 15 is 0 Å². The van der Waals surface area contributed by atoms with Crippen molar-refractivity contribution in [1.82, 2.24) is 9.62 Å². The summed E-state index contributed by atoms with van der Waals surface area (Å²) in [7, 11) is -3.22. The Bertz CT molecular complexity index is 530. The molecule has 1 amide bonds. The number of carbonyl (C=O) groups is 1. The second-order valence-corrected chi connectivity index (χ2v) is 9.05. The molecule has 2 aliphatic heterocycles. The molecule has 0 spiro atoms. The van der Waals surface area contributed by atoms with Crippen LogP contribution >= 0.6 is 0 Å². The number of fused-ring (bicyclic) bond motifs is 1. The monoisotopic (exact) mass is 330 g/mol. The summed E-state index contributed by atoms with van der Waals surface area (Å²) in [4.78, 5) is 14.7. The minimum Gasteiger partial charge on any atom is -0.380 e. The molecule has 7 heteroatoms. The molecule has 3 rings (SSSR count). The molecule has 0 unspecified atom stereocenters. The van der Waals surface area contributed by atoms with Gasteiger partial charge in [-0.15, -0.1) is 0 Å². The maximum absolute atomic E-state index is 12.7. The topological polar surface area (TPSA) is 75.7 Å². The molecular weight excluding hydrogens is 304 g/mol. The highest BCUT2D eigenvalue weighted by atomic mass is 32.2. The van der Waals surface area contributed by atoms with Crippen molar-refractivity contribution in [2.24, 2.45) is 17.3 Å². The van der Waals surface area contributed by atoms with E-state index in [2.05, 4.69) is 4.72 Å². The first-order valence-corrected chi connectivity index (χ1v) is 10.1. The number of carbonyl (C=O) groups excluding carboxylic acids is 1. The van der Waals surface area contributed by atoms with Crippen LogP contribution in [0.2, 0.25) is 0 Å².